The number of piperidine rings is 1. The Morgan fingerprint density at radius 2 is 1.70 bits per heavy atom. The number of aliphatic hydroxyl groups is 2. The smallest absolute Gasteiger partial charge is 0.329 e. The molecule has 410 valence electrons. The Hall–Kier alpha value is -3.98. The van der Waals surface area contributed by atoms with Crippen LogP contribution in [0.3, 0.4) is 0 Å². The highest BCUT2D eigenvalue weighted by molar-refractivity contribution is 7.90. The average Bonchev–Trinajstić information content (AvgIpc) is 3.90. The lowest BCUT2D eigenvalue weighted by atomic mass is 9.77. The summed E-state index contributed by atoms with van der Waals surface area (Å²) in [6.45, 7) is 16.2. The number of amides is 1. The van der Waals surface area contributed by atoms with E-state index in [1.165, 1.54) is 21.9 Å². The number of carbonyl (C=O) groups excluding carboxylic acids is 4. The number of aliphatic hydroxyl groups excluding tert-OH is 1. The zero-order valence-electron chi connectivity index (χ0n) is 45.1. The highest BCUT2D eigenvalue weighted by atomic mass is 32.2. The first-order valence-electron chi connectivity index (χ1n) is 26.7. The number of likely N-dealkylation sites (tertiary alicyclic amines) is 1. The molecule has 3 aliphatic heterocycles. The van der Waals surface area contributed by atoms with Crippen LogP contribution in [0.4, 0.5) is 0 Å². The second-order valence-electron chi connectivity index (χ2n) is 21.9. The van der Waals surface area contributed by atoms with E-state index in [0.717, 1.165) is 25.7 Å². The van der Waals surface area contributed by atoms with E-state index in [1.54, 1.807) is 32.0 Å². The number of sulfonamides is 1. The Balaban J connectivity index is 1.28. The molecule has 0 spiro atoms. The van der Waals surface area contributed by atoms with Crippen LogP contribution in [0.1, 0.15) is 145 Å². The topological polar surface area (TPSA) is 230 Å². The minimum Gasteiger partial charge on any atom is -0.461 e. The van der Waals surface area contributed by atoms with Gasteiger partial charge in [-0.1, -0.05) is 76.6 Å². The Morgan fingerprint density at radius 3 is 2.34 bits per heavy atom. The lowest BCUT2D eigenvalue weighted by Crippen LogP contribution is -2.61. The van der Waals surface area contributed by atoms with Gasteiger partial charge in [0.2, 0.25) is 15.8 Å². The van der Waals surface area contributed by atoms with Crippen molar-refractivity contribution in [1.29, 1.82) is 0 Å². The molecule has 0 unspecified atom stereocenters. The van der Waals surface area contributed by atoms with Crippen LogP contribution in [0.15, 0.2) is 53.9 Å². The molecular weight excluding hydrogens is 957 g/mol. The highest BCUT2D eigenvalue weighted by Crippen LogP contribution is 2.39. The molecule has 4 heterocycles. The molecular formula is C54H86N6O12S. The molecule has 1 saturated carbocycles. The maximum absolute atomic E-state index is 14.5. The number of ketones is 2. The normalized spacial score (nSPS) is 28.9. The van der Waals surface area contributed by atoms with Gasteiger partial charge in [0, 0.05) is 45.7 Å². The molecule has 73 heavy (non-hydrogen) atoms. The molecule has 19 heteroatoms. The van der Waals surface area contributed by atoms with Crippen molar-refractivity contribution < 1.29 is 56.8 Å². The summed E-state index contributed by atoms with van der Waals surface area (Å²) in [5.41, 5.74) is 1.80. The van der Waals surface area contributed by atoms with Crippen LogP contribution >= 0.6 is 0 Å². The van der Waals surface area contributed by atoms with Gasteiger partial charge < -0.3 is 34.1 Å². The third kappa shape index (κ3) is 16.3. The molecule has 4 fully saturated rings. The second-order valence-corrected chi connectivity index (χ2v) is 23.9. The number of tetrazole rings is 1. The fraction of sp³-hybridized carbons (Fsp3) is 0.759. The third-order valence-electron chi connectivity index (χ3n) is 15.7. The fourth-order valence-electron chi connectivity index (χ4n) is 11.1. The number of methoxy groups -OCH3 is 2. The molecule has 1 amide bonds. The van der Waals surface area contributed by atoms with Gasteiger partial charge >= 0.3 is 5.97 Å². The Labute approximate surface area is 434 Å². The van der Waals surface area contributed by atoms with Crippen molar-refractivity contribution in [3.63, 3.8) is 0 Å². The monoisotopic (exact) mass is 1040 g/mol. The van der Waals surface area contributed by atoms with E-state index in [0.29, 0.717) is 57.1 Å². The van der Waals surface area contributed by atoms with Crippen molar-refractivity contribution in [3.8, 4) is 0 Å². The highest BCUT2D eigenvalue weighted by Gasteiger charge is 2.53. The van der Waals surface area contributed by atoms with Gasteiger partial charge in [-0.3, -0.25) is 14.4 Å². The number of rotatable bonds is 26. The Bertz CT molecular complexity index is 2210. The van der Waals surface area contributed by atoms with E-state index in [4.69, 9.17) is 18.9 Å². The number of aromatic nitrogens is 4. The van der Waals surface area contributed by atoms with Crippen LogP contribution in [-0.2, 0) is 48.1 Å². The first kappa shape index (κ1) is 59.9. The summed E-state index contributed by atoms with van der Waals surface area (Å²) in [4.78, 5) is 57.8. The Morgan fingerprint density at radius 1 is 0.945 bits per heavy atom. The van der Waals surface area contributed by atoms with E-state index < -0.39 is 69.8 Å². The first-order chi connectivity index (χ1) is 34.6. The molecule has 3 saturated heterocycles. The van der Waals surface area contributed by atoms with Gasteiger partial charge in [-0.25, -0.2) is 22.2 Å². The third-order valence-corrected chi connectivity index (χ3v) is 17.6. The van der Waals surface area contributed by atoms with E-state index in [1.807, 2.05) is 58.1 Å². The Kier molecular flexibility index (Phi) is 22.7. The van der Waals surface area contributed by atoms with E-state index in [2.05, 4.69) is 35.4 Å². The quantitative estimate of drug-likeness (QED) is 0.0436. The SMILES string of the molecule is CO[C@@H]1C[C@H](C[C@@H](C)[C@H](CC[C@H](C)/C=C(\C)[C@@H](O)[C@@H](OC)C(=O)[C@H](C)C[C@H](C)/C=C/C=C/C=C(C)C)OC(=O)[C@@H]2CCCCN2C(=O)C(=O)[C@]2(O)O[C@H](CCN3CCS3(=O)=O)CC[C@H]2C)CC[C@@H]1n1cnnn1. The zero-order chi connectivity index (χ0) is 53.6. The average molecular weight is 1040 g/mol. The number of ether oxygens (including phenoxy) is 4. The fourth-order valence-corrected chi connectivity index (χ4v) is 12.2. The van der Waals surface area contributed by atoms with Crippen molar-refractivity contribution in [3.05, 3.63) is 53.9 Å². The van der Waals surface area contributed by atoms with Crippen LogP contribution in [0.2, 0.25) is 0 Å². The van der Waals surface area contributed by atoms with Crippen molar-refractivity contribution in [2.24, 2.45) is 35.5 Å². The number of carbonyl (C=O) groups is 4. The number of nitrogens with zero attached hydrogens (tertiary/aromatic N) is 6. The van der Waals surface area contributed by atoms with E-state index >= 15 is 0 Å². The summed E-state index contributed by atoms with van der Waals surface area (Å²) in [7, 11) is -0.163. The van der Waals surface area contributed by atoms with Gasteiger partial charge in [0.05, 0.1) is 24.0 Å². The van der Waals surface area contributed by atoms with Gasteiger partial charge in [0.1, 0.15) is 30.7 Å². The standard InChI is InChI=1S/C54H86N6O12S/c1-35(2)16-12-11-13-17-36(3)30-39(6)48(61)50(70-10)49(62)40(7)31-37(4)19-24-46(38(5)32-42-21-23-44(47(33-42)69-9)60-34-55-56-57-60)71-53(65)45-18-14-15-26-59(45)52(64)51(63)54(66)41(8)20-22-43(72-54)25-27-58-28-29-73(58,67)68/h11-13,16-17,31,34,36-39,41-47,49-50,62,66H,14-15,18-30,32-33H2,1-10H3/b12-11+,17-13+,40-31+/t36-,37+,38-,39-,41-,42+,43+,44+,45+,46+,47-,49-,50+,54-/m1/s1. The molecule has 18 nitrogen and oxygen atoms in total. The summed E-state index contributed by atoms with van der Waals surface area (Å²) in [6.07, 6.45) is 17.3. The van der Waals surface area contributed by atoms with Gasteiger partial charge in [-0.05, 0) is 144 Å². The van der Waals surface area contributed by atoms with Crippen molar-refractivity contribution in [1.82, 2.24) is 29.4 Å². The van der Waals surface area contributed by atoms with Crippen molar-refractivity contribution in [2.45, 2.75) is 187 Å². The van der Waals surface area contributed by atoms with Crippen molar-refractivity contribution in [2.75, 3.05) is 39.6 Å². The van der Waals surface area contributed by atoms with Gasteiger partial charge in [-0.2, -0.15) is 0 Å². The summed E-state index contributed by atoms with van der Waals surface area (Å²) in [5, 5.41) is 35.1. The number of hydrogen-bond donors (Lipinski definition) is 2. The summed E-state index contributed by atoms with van der Waals surface area (Å²) < 4.78 is 51.3. The molecule has 0 radical (unpaired) electrons. The summed E-state index contributed by atoms with van der Waals surface area (Å²) in [5.74, 6) is -6.26. The van der Waals surface area contributed by atoms with Crippen LogP contribution in [0.25, 0.3) is 0 Å². The molecule has 0 aromatic carbocycles. The van der Waals surface area contributed by atoms with Crippen LogP contribution in [0, 0.1) is 35.5 Å². The lowest BCUT2D eigenvalue weighted by Gasteiger charge is -2.42. The van der Waals surface area contributed by atoms with Gasteiger partial charge in [0.15, 0.2) is 5.78 Å². The number of esters is 1. The predicted molar refractivity (Wildman–Crippen MR) is 276 cm³/mol. The van der Waals surface area contributed by atoms with Crippen LogP contribution < -0.4 is 0 Å². The number of Topliss-reactive ketones (excluding diaryl/α,β-unsaturated/α-hetero) is 2. The second kappa shape index (κ2) is 27.7. The lowest BCUT2D eigenvalue weighted by molar-refractivity contribution is -0.263. The maximum atomic E-state index is 14.5. The molecule has 4 aliphatic rings. The molecule has 1 aliphatic carbocycles. The molecule has 14 atom stereocenters. The number of hydrogen-bond acceptors (Lipinski definition) is 15. The van der Waals surface area contributed by atoms with E-state index in [-0.39, 0.29) is 79.2 Å². The van der Waals surface area contributed by atoms with Crippen LogP contribution in [-0.4, -0.2) is 153 Å². The summed E-state index contributed by atoms with van der Waals surface area (Å²) in [6, 6.07) is -1.08. The molecule has 1 aromatic heterocycles. The van der Waals surface area contributed by atoms with Gasteiger partial charge in [0.25, 0.3) is 11.7 Å². The minimum absolute atomic E-state index is 0.0127. The van der Waals surface area contributed by atoms with Crippen LogP contribution in [0.5, 0.6) is 0 Å². The molecule has 0 bridgehead atoms. The molecule has 1 aromatic rings. The van der Waals surface area contributed by atoms with E-state index in [9.17, 15) is 37.8 Å². The predicted octanol–water partition coefficient (Wildman–Crippen LogP) is 6.51. The first-order valence-corrected chi connectivity index (χ1v) is 28.3. The zero-order valence-corrected chi connectivity index (χ0v) is 46.0. The molecule has 5 rings (SSSR count). The molecule has 2 N–H and O–H groups in total. The summed E-state index contributed by atoms with van der Waals surface area (Å²) >= 11 is 0. The van der Waals surface area contributed by atoms with Gasteiger partial charge in [-0.15, -0.1) is 5.10 Å². The maximum Gasteiger partial charge on any atom is 0.329 e. The minimum atomic E-state index is -3.29. The number of allylic oxidation sites excluding steroid dienone is 7. The largest absolute Gasteiger partial charge is 0.461 e. The van der Waals surface area contributed by atoms with Crippen molar-refractivity contribution >= 4 is 33.5 Å².